The largest absolute Gasteiger partial charge is 0.355 e. The summed E-state index contributed by atoms with van der Waals surface area (Å²) in [6.45, 7) is 6.49. The van der Waals surface area contributed by atoms with E-state index in [9.17, 15) is 19.2 Å². The molecule has 0 radical (unpaired) electrons. The van der Waals surface area contributed by atoms with Crippen LogP contribution in [-0.2, 0) is 27.3 Å². The summed E-state index contributed by atoms with van der Waals surface area (Å²) in [5, 5.41) is 11.7. The first-order valence-electron chi connectivity index (χ1n) is 16.9. The predicted octanol–water partition coefficient (Wildman–Crippen LogP) is 3.76. The first-order chi connectivity index (χ1) is 22.3. The number of benzene rings is 1. The summed E-state index contributed by atoms with van der Waals surface area (Å²) in [7, 11) is 0. The highest BCUT2D eigenvalue weighted by molar-refractivity contribution is 6.07. The Morgan fingerprint density at radius 2 is 1.78 bits per heavy atom. The molecule has 5 aliphatic rings. The maximum absolute atomic E-state index is 14.3. The van der Waals surface area contributed by atoms with Gasteiger partial charge in [-0.05, 0) is 61.8 Å². The number of hydrogen-bond donors (Lipinski definition) is 2. The number of carbonyl (C=O) groups excluding carboxylic acids is 4. The number of nitrogens with one attached hydrogen (secondary N) is 2. The number of carbonyl (C=O) groups is 4. The van der Waals surface area contributed by atoms with E-state index in [1.165, 1.54) is 6.92 Å². The van der Waals surface area contributed by atoms with E-state index in [1.807, 2.05) is 13.0 Å². The molecule has 3 aliphatic heterocycles. The van der Waals surface area contributed by atoms with Crippen molar-refractivity contribution in [3.63, 3.8) is 0 Å². The smallest absolute Gasteiger partial charge is 0.245 e. The fraction of sp³-hybridized carbons (Fsp3) is 0.571. The zero-order valence-electron chi connectivity index (χ0n) is 27.0. The number of aryl methyl sites for hydroxylation is 2. The van der Waals surface area contributed by atoms with Gasteiger partial charge in [0.25, 0.3) is 0 Å². The van der Waals surface area contributed by atoms with Crippen LogP contribution >= 0.6 is 0 Å². The van der Waals surface area contributed by atoms with Crippen LogP contribution in [0, 0.1) is 24.2 Å². The monoisotopic (exact) mass is 625 g/mol. The van der Waals surface area contributed by atoms with E-state index in [0.717, 1.165) is 73.6 Å². The average Bonchev–Trinajstić information content (AvgIpc) is 3.65. The molecule has 11 heteroatoms. The normalized spacial score (nSPS) is 27.2. The Balaban J connectivity index is 1.27. The minimum Gasteiger partial charge on any atom is -0.355 e. The van der Waals surface area contributed by atoms with Crippen molar-refractivity contribution in [2.24, 2.45) is 17.3 Å². The van der Waals surface area contributed by atoms with Crippen LogP contribution in [-0.4, -0.2) is 73.3 Å². The number of ketones is 1. The van der Waals surface area contributed by atoms with Crippen molar-refractivity contribution in [2.75, 3.05) is 13.1 Å². The molecule has 2 N–H and O–H groups in total. The molecule has 1 spiro atoms. The molecular formula is C35H43N7O4. The van der Waals surface area contributed by atoms with Crippen molar-refractivity contribution >= 4 is 34.4 Å². The predicted molar refractivity (Wildman–Crippen MR) is 172 cm³/mol. The Labute approximate surface area is 268 Å². The van der Waals surface area contributed by atoms with Gasteiger partial charge in [0.2, 0.25) is 17.7 Å². The minimum atomic E-state index is -0.554. The van der Waals surface area contributed by atoms with Gasteiger partial charge in [-0.3, -0.25) is 23.9 Å². The first-order valence-corrected chi connectivity index (χ1v) is 16.9. The van der Waals surface area contributed by atoms with Gasteiger partial charge in [-0.1, -0.05) is 32.6 Å². The Morgan fingerprint density at radius 3 is 2.52 bits per heavy atom. The molecule has 8 rings (SSSR count). The van der Waals surface area contributed by atoms with Crippen LogP contribution in [0.1, 0.15) is 87.1 Å². The van der Waals surface area contributed by atoms with Gasteiger partial charge in [0.15, 0.2) is 5.78 Å². The third-order valence-electron chi connectivity index (χ3n) is 10.7. The van der Waals surface area contributed by atoms with Gasteiger partial charge in [-0.15, -0.1) is 0 Å². The lowest BCUT2D eigenvalue weighted by molar-refractivity contribution is -0.139. The molecule has 2 unspecified atom stereocenters. The highest BCUT2D eigenvalue weighted by Crippen LogP contribution is 2.87. The van der Waals surface area contributed by atoms with Crippen LogP contribution < -0.4 is 10.6 Å². The van der Waals surface area contributed by atoms with E-state index < -0.39 is 6.04 Å². The van der Waals surface area contributed by atoms with Gasteiger partial charge in [-0.25, -0.2) is 9.97 Å². The lowest BCUT2D eigenvalue weighted by Gasteiger charge is -2.24. The Bertz CT molecular complexity index is 1720. The SMILES string of the molecule is CCCCCNC(=O)[C@@H]1C2C3[C@H]4N1C(=O)Cn1nc(C(C)=O)c5cc(-c6cnc(C)nc6)cc(c51)CCCCCCC(=O)NC[C@]234. The van der Waals surface area contributed by atoms with Crippen LogP contribution in [0.25, 0.3) is 22.0 Å². The molecule has 3 aromatic rings. The molecule has 2 aromatic heterocycles. The standard InChI is InChI=1S/C35H43N7O4/c1-4-5-10-13-36-34(46)32-28-29-33-35(28,29)19-39-26(44)12-9-7-6-8-11-22-14-23(24-16-37-21(3)38-17-24)15-25-30(20(2)43)40-41(31(22)25)18-27(45)42(32)33/h14-17,28-29,32-33H,4-13,18-19H2,1-3H3,(H,36,46)(H,39,44)/t28?,29?,32-,33+,35-/m0/s1. The van der Waals surface area contributed by atoms with E-state index in [0.29, 0.717) is 36.4 Å². The first kappa shape index (κ1) is 30.5. The van der Waals surface area contributed by atoms with Gasteiger partial charge in [0.1, 0.15) is 24.1 Å². The Morgan fingerprint density at radius 1 is 1.02 bits per heavy atom. The summed E-state index contributed by atoms with van der Waals surface area (Å²) in [6.07, 6.45) is 11.3. The number of unbranched alkanes of at least 4 members (excludes halogenated alkanes) is 2. The second kappa shape index (κ2) is 11.9. The topological polar surface area (TPSA) is 139 Å². The van der Waals surface area contributed by atoms with Gasteiger partial charge < -0.3 is 15.5 Å². The molecule has 5 atom stereocenters. The number of hydrogen-bond acceptors (Lipinski definition) is 7. The van der Waals surface area contributed by atoms with Crippen molar-refractivity contribution < 1.29 is 19.2 Å². The fourth-order valence-corrected chi connectivity index (χ4v) is 8.35. The molecule has 5 heterocycles. The van der Waals surface area contributed by atoms with E-state index in [-0.39, 0.29) is 53.3 Å². The summed E-state index contributed by atoms with van der Waals surface area (Å²) in [5.41, 5.74) is 3.64. The molecule has 1 aromatic carbocycles. The van der Waals surface area contributed by atoms with Gasteiger partial charge >= 0.3 is 0 Å². The second-order valence-corrected chi connectivity index (χ2v) is 13.7. The molecule has 2 saturated carbocycles. The molecular weight excluding hydrogens is 582 g/mol. The van der Waals surface area contributed by atoms with Crippen LogP contribution in [0.3, 0.4) is 0 Å². The lowest BCUT2D eigenvalue weighted by Crippen LogP contribution is -2.47. The van der Waals surface area contributed by atoms with Crippen LogP contribution in [0.2, 0.25) is 0 Å². The lowest BCUT2D eigenvalue weighted by atomic mass is 9.96. The Kier molecular flexibility index (Phi) is 7.89. The summed E-state index contributed by atoms with van der Waals surface area (Å²) in [6, 6.07) is 3.44. The van der Waals surface area contributed by atoms with Crippen molar-refractivity contribution in [1.29, 1.82) is 0 Å². The van der Waals surface area contributed by atoms with Crippen molar-refractivity contribution in [2.45, 2.75) is 97.2 Å². The number of nitrogens with zero attached hydrogens (tertiary/aromatic N) is 5. The van der Waals surface area contributed by atoms with Crippen LogP contribution in [0.15, 0.2) is 24.5 Å². The zero-order chi connectivity index (χ0) is 32.2. The van der Waals surface area contributed by atoms with E-state index in [2.05, 4.69) is 33.6 Å². The minimum absolute atomic E-state index is 0.0423. The maximum Gasteiger partial charge on any atom is 0.245 e. The molecule has 242 valence electrons. The third kappa shape index (κ3) is 5.08. The second-order valence-electron chi connectivity index (χ2n) is 13.7. The van der Waals surface area contributed by atoms with Crippen molar-refractivity contribution in [3.05, 3.63) is 41.6 Å². The summed E-state index contributed by atoms with van der Waals surface area (Å²) >= 11 is 0. The van der Waals surface area contributed by atoms with Crippen LogP contribution in [0.4, 0.5) is 0 Å². The number of amides is 3. The molecule has 46 heavy (non-hydrogen) atoms. The van der Waals surface area contributed by atoms with Gasteiger partial charge in [0, 0.05) is 67.2 Å². The number of piperidine rings is 1. The van der Waals surface area contributed by atoms with Crippen LogP contribution in [0.5, 0.6) is 0 Å². The molecule has 11 nitrogen and oxygen atoms in total. The number of rotatable bonds is 7. The van der Waals surface area contributed by atoms with Gasteiger partial charge in [0.05, 0.1) is 5.52 Å². The maximum atomic E-state index is 14.3. The molecule has 4 fully saturated rings. The van der Waals surface area contributed by atoms with Crippen molar-refractivity contribution in [3.8, 4) is 11.1 Å². The Hall–Kier alpha value is -4.15. The number of aromatic nitrogens is 4. The van der Waals surface area contributed by atoms with E-state index in [4.69, 9.17) is 5.10 Å². The molecule has 2 aliphatic carbocycles. The van der Waals surface area contributed by atoms with E-state index in [1.54, 1.807) is 22.0 Å². The fourth-order valence-electron chi connectivity index (χ4n) is 8.35. The summed E-state index contributed by atoms with van der Waals surface area (Å²) in [5.74, 6) is 0.553. The quantitative estimate of drug-likeness (QED) is 0.301. The summed E-state index contributed by atoms with van der Waals surface area (Å²) < 4.78 is 1.69. The highest BCUT2D eigenvalue weighted by atomic mass is 16.2. The van der Waals surface area contributed by atoms with E-state index >= 15 is 0 Å². The zero-order valence-corrected chi connectivity index (χ0v) is 27.0. The average molecular weight is 626 g/mol. The summed E-state index contributed by atoms with van der Waals surface area (Å²) in [4.78, 5) is 64.1. The number of Topliss-reactive ketones (excluding diaryl/α,β-unsaturated/α-hetero) is 1. The third-order valence-corrected chi connectivity index (χ3v) is 10.7. The van der Waals surface area contributed by atoms with Gasteiger partial charge in [-0.2, -0.15) is 5.10 Å². The van der Waals surface area contributed by atoms with Crippen molar-refractivity contribution in [1.82, 2.24) is 35.3 Å². The molecule has 4 bridgehead atoms. The highest BCUT2D eigenvalue weighted by Gasteiger charge is 2.96. The molecule has 3 amide bonds. The molecule has 2 saturated heterocycles.